The van der Waals surface area contributed by atoms with Crippen molar-refractivity contribution in [2.45, 2.75) is 19.4 Å². The van der Waals surface area contributed by atoms with Crippen LogP contribution in [0.15, 0.2) is 18.2 Å². The van der Waals surface area contributed by atoms with E-state index in [2.05, 4.69) is 15.4 Å². The zero-order valence-electron chi connectivity index (χ0n) is 13.1. The number of carbonyl (C=O) groups is 1. The minimum Gasteiger partial charge on any atom is -0.326 e. The van der Waals surface area contributed by atoms with Gasteiger partial charge in [-0.15, -0.1) is 12.4 Å². The molecule has 0 bridgehead atoms. The molecule has 1 amide bonds. The Morgan fingerprint density at radius 3 is 2.78 bits per heavy atom. The summed E-state index contributed by atoms with van der Waals surface area (Å²) in [5.74, 6) is 1.94. The van der Waals surface area contributed by atoms with Gasteiger partial charge in [0.05, 0.1) is 11.9 Å². The summed E-state index contributed by atoms with van der Waals surface area (Å²) in [6, 6.07) is 5.37. The lowest BCUT2D eigenvalue weighted by molar-refractivity contribution is -0.116. The van der Waals surface area contributed by atoms with Crippen LogP contribution in [0.3, 0.4) is 0 Å². The monoisotopic (exact) mass is 379 g/mol. The van der Waals surface area contributed by atoms with E-state index in [0.717, 1.165) is 29.9 Å². The normalized spacial score (nSPS) is 17.9. The lowest BCUT2D eigenvalue weighted by Gasteiger charge is -2.22. The molecule has 1 aromatic carbocycles. The maximum Gasteiger partial charge on any atom is 0.229 e. The highest BCUT2D eigenvalue weighted by Gasteiger charge is 2.17. The molecular weight excluding hydrogens is 358 g/mol. The Labute approximate surface area is 147 Å². The fourth-order valence-electron chi connectivity index (χ4n) is 2.20. The zero-order chi connectivity index (χ0) is 16.2. The molecule has 130 valence electrons. The predicted molar refractivity (Wildman–Crippen MR) is 99.3 cm³/mol. The average molecular weight is 380 g/mol. The third-order valence-corrected chi connectivity index (χ3v) is 4.97. The summed E-state index contributed by atoms with van der Waals surface area (Å²) in [6.45, 7) is 2.73. The molecule has 0 aromatic heterocycles. The maximum atomic E-state index is 12.1. The second kappa shape index (κ2) is 8.77. The highest BCUT2D eigenvalue weighted by molar-refractivity contribution is 7.99. The Hall–Kier alpha value is -0.960. The highest BCUT2D eigenvalue weighted by Crippen LogP contribution is 2.21. The predicted octanol–water partition coefficient (Wildman–Crippen LogP) is 1.82. The summed E-state index contributed by atoms with van der Waals surface area (Å²) in [4.78, 5) is 12.1. The number of halogens is 1. The molecular formula is C14H22ClN3O3S2. The summed E-state index contributed by atoms with van der Waals surface area (Å²) >= 11 is 1.84. The number of hydrogen-bond donors (Lipinski definition) is 3. The van der Waals surface area contributed by atoms with Crippen molar-refractivity contribution in [2.24, 2.45) is 0 Å². The van der Waals surface area contributed by atoms with E-state index in [-0.39, 0.29) is 24.4 Å². The van der Waals surface area contributed by atoms with Crippen molar-refractivity contribution in [2.75, 3.05) is 34.3 Å². The molecule has 1 heterocycles. The van der Waals surface area contributed by atoms with Gasteiger partial charge in [0.25, 0.3) is 0 Å². The van der Waals surface area contributed by atoms with Gasteiger partial charge in [-0.1, -0.05) is 6.07 Å². The van der Waals surface area contributed by atoms with E-state index in [1.54, 1.807) is 18.2 Å². The minimum atomic E-state index is -3.34. The van der Waals surface area contributed by atoms with Crippen LogP contribution in [-0.2, 0) is 14.8 Å². The molecule has 1 unspecified atom stereocenters. The maximum absolute atomic E-state index is 12.1. The fourth-order valence-corrected chi connectivity index (χ4v) is 3.76. The number of amides is 1. The number of anilines is 2. The van der Waals surface area contributed by atoms with Crippen LogP contribution < -0.4 is 15.4 Å². The Balaban J connectivity index is 0.00000264. The Morgan fingerprint density at radius 1 is 1.43 bits per heavy atom. The molecule has 0 spiro atoms. The van der Waals surface area contributed by atoms with Crippen LogP contribution in [-0.4, -0.2) is 44.7 Å². The Morgan fingerprint density at radius 2 is 2.17 bits per heavy atom. The number of sulfonamides is 1. The molecule has 0 radical (unpaired) electrons. The number of thioether (sulfide) groups is 1. The van der Waals surface area contributed by atoms with Crippen LogP contribution >= 0.6 is 24.2 Å². The smallest absolute Gasteiger partial charge is 0.229 e. The van der Waals surface area contributed by atoms with E-state index in [0.29, 0.717) is 17.8 Å². The van der Waals surface area contributed by atoms with Crippen LogP contribution in [0.2, 0.25) is 0 Å². The molecule has 1 aromatic rings. The molecule has 9 heteroatoms. The van der Waals surface area contributed by atoms with Crippen LogP contribution in [0.25, 0.3) is 0 Å². The largest absolute Gasteiger partial charge is 0.326 e. The van der Waals surface area contributed by atoms with Crippen molar-refractivity contribution < 1.29 is 13.2 Å². The summed E-state index contributed by atoms with van der Waals surface area (Å²) in [5.41, 5.74) is 1.87. The van der Waals surface area contributed by atoms with Gasteiger partial charge in [0.2, 0.25) is 15.9 Å². The SMILES string of the molecule is Cc1ccc(NC(=O)CC2CSCCN2)cc1NS(C)(=O)=O.Cl. The molecule has 0 aliphatic carbocycles. The van der Waals surface area contributed by atoms with E-state index in [1.807, 2.05) is 18.7 Å². The van der Waals surface area contributed by atoms with E-state index < -0.39 is 10.0 Å². The quantitative estimate of drug-likeness (QED) is 0.726. The van der Waals surface area contributed by atoms with Crippen LogP contribution in [0.5, 0.6) is 0 Å². The number of rotatable bonds is 5. The molecule has 1 saturated heterocycles. The first-order chi connectivity index (χ1) is 10.3. The van der Waals surface area contributed by atoms with Gasteiger partial charge in [0, 0.05) is 36.2 Å². The van der Waals surface area contributed by atoms with Crippen molar-refractivity contribution in [1.82, 2.24) is 5.32 Å². The van der Waals surface area contributed by atoms with Gasteiger partial charge in [-0.05, 0) is 24.6 Å². The molecule has 1 aliphatic rings. The van der Waals surface area contributed by atoms with Crippen LogP contribution in [0.4, 0.5) is 11.4 Å². The molecule has 2 rings (SSSR count). The van der Waals surface area contributed by atoms with Gasteiger partial charge in [-0.25, -0.2) is 8.42 Å². The Bertz CT molecular complexity index is 647. The minimum absolute atomic E-state index is 0. The van der Waals surface area contributed by atoms with Crippen molar-refractivity contribution in [1.29, 1.82) is 0 Å². The number of hydrogen-bond acceptors (Lipinski definition) is 5. The fraction of sp³-hybridized carbons (Fsp3) is 0.500. The van der Waals surface area contributed by atoms with Crippen LogP contribution in [0.1, 0.15) is 12.0 Å². The van der Waals surface area contributed by atoms with Gasteiger partial charge < -0.3 is 10.6 Å². The van der Waals surface area contributed by atoms with Crippen molar-refractivity contribution >= 4 is 51.5 Å². The zero-order valence-corrected chi connectivity index (χ0v) is 15.5. The van der Waals surface area contributed by atoms with E-state index in [1.165, 1.54) is 0 Å². The van der Waals surface area contributed by atoms with E-state index >= 15 is 0 Å². The number of carbonyl (C=O) groups excluding carboxylic acids is 1. The van der Waals surface area contributed by atoms with Crippen molar-refractivity contribution in [3.63, 3.8) is 0 Å². The first kappa shape index (κ1) is 20.1. The van der Waals surface area contributed by atoms with Crippen LogP contribution in [0, 0.1) is 6.92 Å². The third-order valence-electron chi connectivity index (χ3n) is 3.25. The number of nitrogens with one attached hydrogen (secondary N) is 3. The molecule has 0 saturated carbocycles. The van der Waals surface area contributed by atoms with Gasteiger partial charge in [0.1, 0.15) is 0 Å². The molecule has 23 heavy (non-hydrogen) atoms. The molecule has 1 aliphatic heterocycles. The third kappa shape index (κ3) is 6.99. The van der Waals surface area contributed by atoms with Gasteiger partial charge in [0.15, 0.2) is 0 Å². The molecule has 6 nitrogen and oxygen atoms in total. The van der Waals surface area contributed by atoms with Gasteiger partial charge in [-0.2, -0.15) is 11.8 Å². The average Bonchev–Trinajstić information content (AvgIpc) is 2.42. The topological polar surface area (TPSA) is 87.3 Å². The lowest BCUT2D eigenvalue weighted by atomic mass is 10.1. The first-order valence-electron chi connectivity index (χ1n) is 7.03. The van der Waals surface area contributed by atoms with Crippen molar-refractivity contribution in [3.8, 4) is 0 Å². The highest BCUT2D eigenvalue weighted by atomic mass is 35.5. The summed E-state index contributed by atoms with van der Waals surface area (Å²) in [5, 5.41) is 6.13. The van der Waals surface area contributed by atoms with E-state index in [4.69, 9.17) is 0 Å². The van der Waals surface area contributed by atoms with Gasteiger partial charge >= 0.3 is 0 Å². The summed E-state index contributed by atoms with van der Waals surface area (Å²) < 4.78 is 25.1. The second-order valence-corrected chi connectivity index (χ2v) is 8.28. The molecule has 3 N–H and O–H groups in total. The number of benzene rings is 1. The molecule has 1 fully saturated rings. The van der Waals surface area contributed by atoms with Crippen molar-refractivity contribution in [3.05, 3.63) is 23.8 Å². The molecule has 1 atom stereocenters. The lowest BCUT2D eigenvalue weighted by Crippen LogP contribution is -2.39. The first-order valence-corrected chi connectivity index (χ1v) is 10.1. The van der Waals surface area contributed by atoms with E-state index in [9.17, 15) is 13.2 Å². The number of aryl methyl sites for hydroxylation is 1. The summed E-state index contributed by atoms with van der Waals surface area (Å²) in [6.07, 6.45) is 1.51. The second-order valence-electron chi connectivity index (χ2n) is 5.38. The van der Waals surface area contributed by atoms with Gasteiger partial charge in [-0.3, -0.25) is 9.52 Å². The summed E-state index contributed by atoms with van der Waals surface area (Å²) in [7, 11) is -3.34. The Kier molecular flexibility index (Phi) is 7.66. The standard InChI is InChI=1S/C14H21N3O3S2.ClH/c1-10-3-4-11(7-13(10)17-22(2,19)20)16-14(18)8-12-9-21-6-5-15-12;/h3-4,7,12,15,17H,5-6,8-9H2,1-2H3,(H,16,18);1H.